The van der Waals surface area contributed by atoms with Crippen molar-refractivity contribution in [2.45, 2.75) is 31.9 Å². The van der Waals surface area contributed by atoms with Crippen LogP contribution in [0.25, 0.3) is 0 Å². The highest BCUT2D eigenvalue weighted by molar-refractivity contribution is 7.91. The van der Waals surface area contributed by atoms with Crippen LogP contribution in [-0.2, 0) is 19.4 Å². The summed E-state index contributed by atoms with van der Waals surface area (Å²) in [5.41, 5.74) is 0. The van der Waals surface area contributed by atoms with Gasteiger partial charge in [-0.1, -0.05) is 0 Å². The quantitative estimate of drug-likeness (QED) is 0.626. The van der Waals surface area contributed by atoms with Crippen LogP contribution >= 0.6 is 0 Å². The first-order valence-electron chi connectivity index (χ1n) is 4.18. The molecule has 0 aliphatic carbocycles. The van der Waals surface area contributed by atoms with E-state index in [0.717, 1.165) is 0 Å². The molecule has 0 bridgehead atoms. The van der Waals surface area contributed by atoms with Gasteiger partial charge in [-0.25, -0.2) is 8.42 Å². The maximum atomic E-state index is 11.2. The largest absolute Gasteiger partial charge is 0.469 e. The van der Waals surface area contributed by atoms with Crippen molar-refractivity contribution < 1.29 is 17.9 Å². The highest BCUT2D eigenvalue weighted by Gasteiger charge is 2.15. The van der Waals surface area contributed by atoms with Gasteiger partial charge in [0.25, 0.3) is 0 Å². The van der Waals surface area contributed by atoms with Gasteiger partial charge in [-0.05, 0) is 20.3 Å². The smallest absolute Gasteiger partial charge is 0.305 e. The number of hydrogen-bond acceptors (Lipinski definition) is 4. The SMILES string of the molecule is COC(=O)CCCS(=O)(=O)C(C)C. The van der Waals surface area contributed by atoms with Crippen molar-refractivity contribution in [2.24, 2.45) is 0 Å². The van der Waals surface area contributed by atoms with E-state index in [1.165, 1.54) is 7.11 Å². The van der Waals surface area contributed by atoms with E-state index in [1.54, 1.807) is 13.8 Å². The zero-order valence-electron chi connectivity index (χ0n) is 8.24. The average Bonchev–Trinajstić information content (AvgIpc) is 2.03. The molecule has 0 saturated carbocycles. The van der Waals surface area contributed by atoms with E-state index in [-0.39, 0.29) is 23.4 Å². The van der Waals surface area contributed by atoms with E-state index < -0.39 is 9.84 Å². The minimum Gasteiger partial charge on any atom is -0.469 e. The number of sulfone groups is 1. The topological polar surface area (TPSA) is 60.4 Å². The Morgan fingerprint density at radius 2 is 1.92 bits per heavy atom. The van der Waals surface area contributed by atoms with Crippen molar-refractivity contribution in [3.63, 3.8) is 0 Å². The van der Waals surface area contributed by atoms with Crippen molar-refractivity contribution in [3.8, 4) is 0 Å². The van der Waals surface area contributed by atoms with Crippen molar-refractivity contribution >= 4 is 15.8 Å². The Hall–Kier alpha value is -0.580. The Morgan fingerprint density at radius 1 is 1.38 bits per heavy atom. The molecular formula is C8H16O4S. The molecule has 0 aromatic rings. The molecule has 0 aliphatic rings. The number of methoxy groups -OCH3 is 1. The van der Waals surface area contributed by atoms with Crippen LogP contribution in [0.1, 0.15) is 26.7 Å². The third-order valence-corrected chi connectivity index (χ3v) is 4.05. The highest BCUT2D eigenvalue weighted by atomic mass is 32.2. The third kappa shape index (κ3) is 4.87. The third-order valence-electron chi connectivity index (χ3n) is 1.76. The van der Waals surface area contributed by atoms with Crippen molar-refractivity contribution in [1.29, 1.82) is 0 Å². The summed E-state index contributed by atoms with van der Waals surface area (Å²) in [4.78, 5) is 10.7. The van der Waals surface area contributed by atoms with Gasteiger partial charge < -0.3 is 4.74 Å². The van der Waals surface area contributed by atoms with E-state index >= 15 is 0 Å². The van der Waals surface area contributed by atoms with Crippen molar-refractivity contribution in [1.82, 2.24) is 0 Å². The van der Waals surface area contributed by atoms with Crippen molar-refractivity contribution in [2.75, 3.05) is 12.9 Å². The maximum Gasteiger partial charge on any atom is 0.305 e. The fourth-order valence-electron chi connectivity index (χ4n) is 0.755. The van der Waals surface area contributed by atoms with E-state index in [2.05, 4.69) is 4.74 Å². The van der Waals surface area contributed by atoms with E-state index in [0.29, 0.717) is 6.42 Å². The van der Waals surface area contributed by atoms with Crippen LogP contribution in [0.4, 0.5) is 0 Å². The maximum absolute atomic E-state index is 11.2. The predicted molar refractivity (Wildman–Crippen MR) is 50.2 cm³/mol. The fraction of sp³-hybridized carbons (Fsp3) is 0.875. The molecule has 78 valence electrons. The molecule has 0 radical (unpaired) electrons. The second-order valence-electron chi connectivity index (χ2n) is 3.10. The lowest BCUT2D eigenvalue weighted by Gasteiger charge is -2.06. The average molecular weight is 208 g/mol. The van der Waals surface area contributed by atoms with Gasteiger partial charge in [0.2, 0.25) is 0 Å². The molecule has 5 heteroatoms. The molecular weight excluding hydrogens is 192 g/mol. The van der Waals surface area contributed by atoms with Gasteiger partial charge in [-0.2, -0.15) is 0 Å². The van der Waals surface area contributed by atoms with E-state index in [4.69, 9.17) is 0 Å². The lowest BCUT2D eigenvalue weighted by Crippen LogP contribution is -2.18. The zero-order valence-corrected chi connectivity index (χ0v) is 9.06. The normalized spacial score (nSPS) is 11.7. The van der Waals surface area contributed by atoms with Gasteiger partial charge in [0.15, 0.2) is 9.84 Å². The second-order valence-corrected chi connectivity index (χ2v) is 5.77. The molecule has 0 aliphatic heterocycles. The molecule has 0 unspecified atom stereocenters. The minimum absolute atomic E-state index is 0.0553. The molecule has 0 N–H and O–H groups in total. The van der Waals surface area contributed by atoms with Gasteiger partial charge in [0.1, 0.15) is 0 Å². The van der Waals surface area contributed by atoms with Crippen LogP contribution in [-0.4, -0.2) is 32.5 Å². The first-order chi connectivity index (χ1) is 5.90. The predicted octanol–water partition coefficient (Wildman–Crippen LogP) is 0.763. The molecule has 0 atom stereocenters. The molecule has 0 aromatic carbocycles. The number of carbonyl (C=O) groups is 1. The van der Waals surface area contributed by atoms with Gasteiger partial charge >= 0.3 is 5.97 Å². The Kier molecular flexibility index (Phi) is 4.98. The molecule has 0 saturated heterocycles. The number of esters is 1. The molecule has 0 rings (SSSR count). The number of ether oxygens (including phenoxy) is 1. The Bertz CT molecular complexity index is 253. The van der Waals surface area contributed by atoms with Crippen LogP contribution < -0.4 is 0 Å². The number of carbonyl (C=O) groups excluding carboxylic acids is 1. The van der Waals surface area contributed by atoms with Crippen LogP contribution in [0.15, 0.2) is 0 Å². The second kappa shape index (κ2) is 5.21. The Morgan fingerprint density at radius 3 is 2.31 bits per heavy atom. The monoisotopic (exact) mass is 208 g/mol. The molecule has 0 aromatic heterocycles. The minimum atomic E-state index is -3.01. The van der Waals surface area contributed by atoms with Crippen molar-refractivity contribution in [3.05, 3.63) is 0 Å². The molecule has 0 fully saturated rings. The summed E-state index contributed by atoms with van der Waals surface area (Å²) in [6.45, 7) is 3.26. The highest BCUT2D eigenvalue weighted by Crippen LogP contribution is 2.04. The Balaban J connectivity index is 3.84. The van der Waals surface area contributed by atoms with Gasteiger partial charge in [-0.15, -0.1) is 0 Å². The summed E-state index contributed by atoms with van der Waals surface area (Å²) in [6.07, 6.45) is 0.510. The summed E-state index contributed by atoms with van der Waals surface area (Å²) >= 11 is 0. The fourth-order valence-corrected chi connectivity index (χ4v) is 1.77. The van der Waals surface area contributed by atoms with Crippen LogP contribution in [0.3, 0.4) is 0 Å². The first-order valence-corrected chi connectivity index (χ1v) is 5.90. The van der Waals surface area contributed by atoms with Gasteiger partial charge in [-0.3, -0.25) is 4.79 Å². The first kappa shape index (κ1) is 12.4. The number of rotatable bonds is 5. The van der Waals surface area contributed by atoms with Gasteiger partial charge in [0, 0.05) is 6.42 Å². The lowest BCUT2D eigenvalue weighted by atomic mass is 10.3. The van der Waals surface area contributed by atoms with Crippen LogP contribution in [0, 0.1) is 0 Å². The summed E-state index contributed by atoms with van der Waals surface area (Å²) < 4.78 is 26.9. The zero-order chi connectivity index (χ0) is 10.5. The lowest BCUT2D eigenvalue weighted by molar-refractivity contribution is -0.140. The van der Waals surface area contributed by atoms with Crippen LogP contribution in [0.5, 0.6) is 0 Å². The van der Waals surface area contributed by atoms with E-state index in [1.807, 2.05) is 0 Å². The number of hydrogen-bond donors (Lipinski definition) is 0. The summed E-state index contributed by atoms with van der Waals surface area (Å²) in [5, 5.41) is -0.370. The molecule has 0 spiro atoms. The van der Waals surface area contributed by atoms with Crippen LogP contribution in [0.2, 0.25) is 0 Å². The summed E-state index contributed by atoms with van der Waals surface area (Å²) in [6, 6.07) is 0. The van der Waals surface area contributed by atoms with Gasteiger partial charge in [0.05, 0.1) is 18.1 Å². The summed E-state index contributed by atoms with van der Waals surface area (Å²) in [5.74, 6) is -0.307. The molecule has 4 nitrogen and oxygen atoms in total. The molecule has 0 amide bonds. The summed E-state index contributed by atoms with van der Waals surface area (Å²) in [7, 11) is -1.72. The Labute approximate surface area is 79.2 Å². The van der Waals surface area contributed by atoms with E-state index in [9.17, 15) is 13.2 Å². The standard InChI is InChI=1S/C8H16O4S/c1-7(2)13(10,11)6-4-5-8(9)12-3/h7H,4-6H2,1-3H3. The molecule has 13 heavy (non-hydrogen) atoms. The molecule has 0 heterocycles.